The molecular weight excluding hydrogens is 459 g/mol. The van der Waals surface area contributed by atoms with E-state index in [1.807, 2.05) is 37.3 Å². The van der Waals surface area contributed by atoms with E-state index in [-0.39, 0.29) is 12.8 Å². The Labute approximate surface area is 199 Å². The summed E-state index contributed by atoms with van der Waals surface area (Å²) in [6.07, 6.45) is -1.50. The largest absolute Gasteiger partial charge is 0.467 e. The zero-order chi connectivity index (χ0) is 23.7. The average molecular weight is 491 g/mol. The first-order chi connectivity index (χ1) is 15.3. The maximum atomic E-state index is 13.0. The summed E-state index contributed by atoms with van der Waals surface area (Å²) in [6, 6.07) is 8.36. The Hall–Kier alpha value is -1.42. The first kappa shape index (κ1) is 26.8. The van der Waals surface area contributed by atoms with Crippen LogP contribution < -0.4 is 5.32 Å². The van der Waals surface area contributed by atoms with Gasteiger partial charge < -0.3 is 19.9 Å². The minimum Gasteiger partial charge on any atom is -0.467 e. The zero-order valence-corrected chi connectivity index (χ0v) is 20.1. The van der Waals surface area contributed by atoms with E-state index in [4.69, 9.17) is 37.5 Å². The second-order valence-corrected chi connectivity index (χ2v) is 8.75. The molecule has 0 bridgehead atoms. The van der Waals surface area contributed by atoms with E-state index < -0.39 is 46.8 Å². The van der Waals surface area contributed by atoms with Crippen LogP contribution in [0.2, 0.25) is 0 Å². The molecule has 1 aromatic rings. The van der Waals surface area contributed by atoms with Crippen molar-refractivity contribution >= 4 is 35.1 Å². The molecule has 0 radical (unpaired) electrons. The van der Waals surface area contributed by atoms with Crippen LogP contribution in [-0.2, 0) is 30.3 Å². The Balaban J connectivity index is 2.01. The zero-order valence-electron chi connectivity index (χ0n) is 18.6. The highest BCUT2D eigenvalue weighted by atomic mass is 35.5. The van der Waals surface area contributed by atoms with Gasteiger partial charge in [-0.15, -0.1) is 23.2 Å². The number of ether oxygens (including phenoxy) is 2. The summed E-state index contributed by atoms with van der Waals surface area (Å²) < 4.78 is 10.1. The number of hydrogen-bond donors (Lipinski definition) is 2. The number of methoxy groups -OCH3 is 1. The molecule has 1 amide bonds. The van der Waals surface area contributed by atoms with Crippen LogP contribution in [0.4, 0.5) is 0 Å². The molecule has 32 heavy (non-hydrogen) atoms. The lowest BCUT2D eigenvalue weighted by Crippen LogP contribution is -2.57. The summed E-state index contributed by atoms with van der Waals surface area (Å²) in [4.78, 5) is 31.0. The van der Waals surface area contributed by atoms with Gasteiger partial charge in [0.1, 0.15) is 12.1 Å². The predicted octanol–water partition coefficient (Wildman–Crippen LogP) is 1.75. The van der Waals surface area contributed by atoms with E-state index in [1.165, 1.54) is 7.11 Å². The molecule has 0 heterocycles. The maximum Gasteiger partial charge on any atom is 0.328 e. The van der Waals surface area contributed by atoms with Gasteiger partial charge in [-0.25, -0.2) is 4.79 Å². The third-order valence-electron chi connectivity index (χ3n) is 5.37. The monoisotopic (exact) mass is 490 g/mol. The van der Waals surface area contributed by atoms with E-state index in [1.54, 1.807) is 12.1 Å². The van der Waals surface area contributed by atoms with Gasteiger partial charge in [0.05, 0.1) is 36.5 Å². The van der Waals surface area contributed by atoms with Gasteiger partial charge in [-0.1, -0.05) is 30.3 Å². The molecule has 10 heteroatoms. The van der Waals surface area contributed by atoms with Crippen LogP contribution in [0, 0.1) is 5.92 Å². The fourth-order valence-corrected chi connectivity index (χ4v) is 4.45. The van der Waals surface area contributed by atoms with Crippen molar-refractivity contribution in [2.24, 2.45) is 5.92 Å². The molecule has 0 aromatic heterocycles. The Bertz CT molecular complexity index is 726. The third-order valence-corrected chi connectivity index (χ3v) is 6.30. The topological polar surface area (TPSA) is 97.3 Å². The molecule has 180 valence electrons. The molecule has 1 fully saturated rings. The normalized spacial score (nSPS) is 26.5. The number of esters is 1. The predicted molar refractivity (Wildman–Crippen MR) is 121 cm³/mol. The van der Waals surface area contributed by atoms with Crippen LogP contribution >= 0.6 is 23.2 Å². The second-order valence-electron chi connectivity index (χ2n) is 7.69. The van der Waals surface area contributed by atoms with Crippen LogP contribution in [-0.4, -0.2) is 85.0 Å². The molecule has 6 atom stereocenters. The molecule has 1 aliphatic carbocycles. The van der Waals surface area contributed by atoms with Crippen LogP contribution in [0.25, 0.3) is 0 Å². The Morgan fingerprint density at radius 2 is 1.97 bits per heavy atom. The van der Waals surface area contributed by atoms with Gasteiger partial charge in [-0.3, -0.25) is 9.63 Å². The van der Waals surface area contributed by atoms with Crippen molar-refractivity contribution in [1.29, 1.82) is 0 Å². The minimum absolute atomic E-state index is 0.140. The van der Waals surface area contributed by atoms with Crippen molar-refractivity contribution < 1.29 is 29.0 Å². The highest BCUT2D eigenvalue weighted by Crippen LogP contribution is 2.34. The third kappa shape index (κ3) is 7.57. The molecule has 1 aromatic carbocycles. The molecule has 0 saturated heterocycles. The van der Waals surface area contributed by atoms with E-state index >= 15 is 0 Å². The van der Waals surface area contributed by atoms with Crippen LogP contribution in [0.15, 0.2) is 30.3 Å². The van der Waals surface area contributed by atoms with Gasteiger partial charge in [0.2, 0.25) is 5.91 Å². The Morgan fingerprint density at radius 3 is 2.59 bits per heavy atom. The summed E-state index contributed by atoms with van der Waals surface area (Å²) >= 11 is 12.9. The van der Waals surface area contributed by atoms with E-state index in [9.17, 15) is 14.7 Å². The van der Waals surface area contributed by atoms with Gasteiger partial charge in [-0.05, 0) is 18.9 Å². The number of aliphatic hydroxyl groups is 1. The lowest BCUT2D eigenvalue weighted by Gasteiger charge is -2.40. The number of halogens is 2. The molecule has 8 nitrogen and oxygen atoms in total. The van der Waals surface area contributed by atoms with Crippen molar-refractivity contribution in [3.8, 4) is 0 Å². The quantitative estimate of drug-likeness (QED) is 0.211. The van der Waals surface area contributed by atoms with Crippen LogP contribution in [0.3, 0.4) is 0 Å². The smallest absolute Gasteiger partial charge is 0.328 e. The summed E-state index contributed by atoms with van der Waals surface area (Å²) in [5.74, 6) is -1.98. The number of alkyl halides is 2. The van der Waals surface area contributed by atoms with Gasteiger partial charge in [0.15, 0.2) is 0 Å². The maximum absolute atomic E-state index is 13.0. The summed E-state index contributed by atoms with van der Waals surface area (Å²) in [6.45, 7) is 3.47. The van der Waals surface area contributed by atoms with Crippen LogP contribution in [0.5, 0.6) is 0 Å². The second kappa shape index (κ2) is 13.3. The van der Waals surface area contributed by atoms with Crippen molar-refractivity contribution in [1.82, 2.24) is 10.4 Å². The molecule has 0 aliphatic heterocycles. The Kier molecular flexibility index (Phi) is 11.2. The molecular formula is C22H32Cl2N2O6. The minimum atomic E-state index is -1.20. The number of amides is 1. The van der Waals surface area contributed by atoms with Crippen LogP contribution in [0.1, 0.15) is 18.9 Å². The number of aliphatic hydroxyl groups excluding tert-OH is 1. The highest BCUT2D eigenvalue weighted by molar-refractivity contribution is 6.25. The summed E-state index contributed by atoms with van der Waals surface area (Å²) in [5, 5.41) is 13.5. The van der Waals surface area contributed by atoms with E-state index in [0.29, 0.717) is 19.8 Å². The highest BCUT2D eigenvalue weighted by Gasteiger charge is 2.47. The number of hydroxylamine groups is 2. The van der Waals surface area contributed by atoms with E-state index in [0.717, 1.165) is 5.56 Å². The van der Waals surface area contributed by atoms with Crippen molar-refractivity contribution in [3.05, 3.63) is 35.9 Å². The molecule has 2 N–H and O–H groups in total. The number of nitrogens with zero attached hydrogens (tertiary/aromatic N) is 1. The number of carbonyl (C=O) groups is 2. The summed E-state index contributed by atoms with van der Waals surface area (Å²) in [5.41, 5.74) is 0.862. The SMILES string of the molecule is CCOCCN(C)OC1C(Cl)CC(C(=O)N[C@@H](Cc2ccccc2)C(=O)OC)C(O)C1Cl. The van der Waals surface area contributed by atoms with E-state index in [2.05, 4.69) is 5.32 Å². The average Bonchev–Trinajstić information content (AvgIpc) is 2.78. The lowest BCUT2D eigenvalue weighted by atomic mass is 9.83. The number of hydrogen-bond acceptors (Lipinski definition) is 7. The number of nitrogens with one attached hydrogen (secondary N) is 1. The molecule has 2 rings (SSSR count). The first-order valence-electron chi connectivity index (χ1n) is 10.6. The standard InChI is InChI=1S/C22H32Cl2N2O6/c1-4-31-11-10-26(2)32-20-16(23)13-15(19(27)18(20)24)21(28)25-17(22(29)30-3)12-14-8-6-5-7-9-14/h5-9,15-20,27H,4,10-13H2,1-3H3,(H,25,28)/t15?,16?,17-,18?,19?,20?/m0/s1. The number of benzene rings is 1. The van der Waals surface area contributed by atoms with Gasteiger partial charge >= 0.3 is 5.97 Å². The van der Waals surface area contributed by atoms with Crippen molar-refractivity contribution in [2.45, 2.75) is 48.8 Å². The fraction of sp³-hybridized carbons (Fsp3) is 0.636. The fourth-order valence-electron chi connectivity index (χ4n) is 3.58. The van der Waals surface area contributed by atoms with Crippen molar-refractivity contribution in [2.75, 3.05) is 33.9 Å². The molecule has 0 spiro atoms. The molecule has 1 aliphatic rings. The summed E-state index contributed by atoms with van der Waals surface area (Å²) in [7, 11) is 2.98. The van der Waals surface area contributed by atoms with Crippen molar-refractivity contribution in [3.63, 3.8) is 0 Å². The van der Waals surface area contributed by atoms with Gasteiger partial charge in [0.25, 0.3) is 0 Å². The number of likely N-dealkylation sites (N-methyl/N-ethyl adjacent to an activating group) is 1. The van der Waals surface area contributed by atoms with Gasteiger partial charge in [-0.2, -0.15) is 5.06 Å². The number of carbonyl (C=O) groups excluding carboxylic acids is 2. The van der Waals surface area contributed by atoms with Gasteiger partial charge in [0, 0.05) is 26.6 Å². The number of rotatable bonds is 11. The molecule has 1 saturated carbocycles. The lowest BCUT2D eigenvalue weighted by molar-refractivity contribution is -0.202. The molecule has 5 unspecified atom stereocenters. The first-order valence-corrected chi connectivity index (χ1v) is 11.5. The Morgan fingerprint density at radius 1 is 1.28 bits per heavy atom.